The quantitative estimate of drug-likeness (QED) is 0.290. The number of nitro benzene ring substituents is 1. The van der Waals surface area contributed by atoms with E-state index in [1.54, 1.807) is 24.3 Å². The lowest BCUT2D eigenvalue weighted by Crippen LogP contribution is -2.14. The zero-order valence-electron chi connectivity index (χ0n) is 16.5. The monoisotopic (exact) mass is 442 g/mol. The van der Waals surface area contributed by atoms with Crippen molar-refractivity contribution < 1.29 is 4.92 Å². The van der Waals surface area contributed by atoms with E-state index in [-0.39, 0.29) is 11.2 Å². The highest BCUT2D eigenvalue weighted by Crippen LogP contribution is 2.35. The van der Waals surface area contributed by atoms with Crippen molar-refractivity contribution >= 4 is 22.9 Å². The summed E-state index contributed by atoms with van der Waals surface area (Å²) < 4.78 is 1.33. The molecular weight excluding hydrogens is 428 g/mol. The molecule has 5 aromatic rings. The molecule has 0 fully saturated rings. The van der Waals surface area contributed by atoms with Gasteiger partial charge in [0.2, 0.25) is 0 Å². The van der Waals surface area contributed by atoms with E-state index in [1.165, 1.54) is 22.7 Å². The van der Waals surface area contributed by atoms with Gasteiger partial charge >= 0.3 is 0 Å². The first-order valence-electron chi connectivity index (χ1n) is 9.73. The molecule has 0 aliphatic rings. The molecule has 0 atom stereocenters. The van der Waals surface area contributed by atoms with Gasteiger partial charge in [0.1, 0.15) is 11.3 Å². The first-order chi connectivity index (χ1) is 15.5. The van der Waals surface area contributed by atoms with Crippen molar-refractivity contribution in [1.29, 1.82) is 0 Å². The van der Waals surface area contributed by atoms with Gasteiger partial charge in [-0.1, -0.05) is 54.1 Å². The van der Waals surface area contributed by atoms with Gasteiger partial charge in [0, 0.05) is 28.8 Å². The Labute approximate surface area is 186 Å². The predicted molar refractivity (Wildman–Crippen MR) is 124 cm³/mol. The number of halogens is 1. The summed E-state index contributed by atoms with van der Waals surface area (Å²) in [5.74, 6) is 0. The number of H-pyrrole nitrogens is 1. The Bertz CT molecular complexity index is 1510. The Morgan fingerprint density at radius 2 is 1.53 bits per heavy atom. The lowest BCUT2D eigenvalue weighted by Gasteiger charge is -2.06. The number of hydrogen-bond acceptors (Lipinski definition) is 4. The Morgan fingerprint density at radius 3 is 2.19 bits per heavy atom. The van der Waals surface area contributed by atoms with Crippen LogP contribution in [0.2, 0.25) is 5.02 Å². The smallest absolute Gasteiger partial charge is 0.274 e. The minimum Gasteiger partial charge on any atom is -0.339 e. The average molecular weight is 443 g/mol. The van der Waals surface area contributed by atoms with Crippen molar-refractivity contribution in [2.45, 2.75) is 0 Å². The van der Waals surface area contributed by atoms with Gasteiger partial charge in [-0.15, -0.1) is 0 Å². The fraction of sp³-hybridized carbons (Fsp3) is 0. The number of rotatable bonds is 4. The summed E-state index contributed by atoms with van der Waals surface area (Å²) in [5, 5.41) is 16.2. The number of fused-ring (bicyclic) bond motifs is 1. The van der Waals surface area contributed by atoms with Crippen molar-refractivity contribution in [1.82, 2.24) is 14.6 Å². The molecule has 0 aliphatic heterocycles. The van der Waals surface area contributed by atoms with E-state index in [0.717, 1.165) is 16.7 Å². The maximum Gasteiger partial charge on any atom is 0.274 e. The first kappa shape index (κ1) is 19.7. The molecule has 0 saturated heterocycles. The Balaban J connectivity index is 1.78. The third-order valence-electron chi connectivity index (χ3n) is 5.18. The van der Waals surface area contributed by atoms with Crippen LogP contribution in [0.1, 0.15) is 0 Å². The molecule has 0 bridgehead atoms. The number of hydrogen-bond donors (Lipinski definition) is 1. The first-order valence-corrected chi connectivity index (χ1v) is 10.1. The molecule has 0 spiro atoms. The molecule has 32 heavy (non-hydrogen) atoms. The number of aromatic amines is 1. The van der Waals surface area contributed by atoms with Crippen LogP contribution in [0.15, 0.2) is 89.7 Å². The largest absolute Gasteiger partial charge is 0.339 e. The second-order valence-electron chi connectivity index (χ2n) is 7.18. The molecule has 5 rings (SSSR count). The van der Waals surface area contributed by atoms with Crippen LogP contribution in [0.5, 0.6) is 0 Å². The lowest BCUT2D eigenvalue weighted by atomic mass is 10.0. The summed E-state index contributed by atoms with van der Waals surface area (Å²) in [5.41, 5.74) is 4.50. The van der Waals surface area contributed by atoms with E-state index in [9.17, 15) is 14.9 Å². The van der Waals surface area contributed by atoms with Gasteiger partial charge in [0.15, 0.2) is 0 Å². The minimum absolute atomic E-state index is 0.0188. The maximum atomic E-state index is 13.0. The van der Waals surface area contributed by atoms with Crippen molar-refractivity contribution in [3.63, 3.8) is 0 Å². The Kier molecular flexibility index (Phi) is 4.80. The molecule has 2 aromatic heterocycles. The van der Waals surface area contributed by atoms with Gasteiger partial charge in [0.05, 0.1) is 16.2 Å². The van der Waals surface area contributed by atoms with Crippen LogP contribution < -0.4 is 5.56 Å². The number of benzene rings is 3. The highest BCUT2D eigenvalue weighted by molar-refractivity contribution is 6.30. The summed E-state index contributed by atoms with van der Waals surface area (Å²) >= 11 is 6.09. The highest BCUT2D eigenvalue weighted by Gasteiger charge is 2.19. The van der Waals surface area contributed by atoms with Crippen LogP contribution >= 0.6 is 11.6 Å². The lowest BCUT2D eigenvalue weighted by molar-refractivity contribution is -0.384. The van der Waals surface area contributed by atoms with Gasteiger partial charge < -0.3 is 4.98 Å². The van der Waals surface area contributed by atoms with Gasteiger partial charge in [-0.05, 0) is 35.4 Å². The molecule has 0 amide bonds. The molecule has 0 aliphatic carbocycles. The molecule has 156 valence electrons. The van der Waals surface area contributed by atoms with Crippen molar-refractivity contribution in [2.75, 3.05) is 0 Å². The molecular formula is C24H15ClN4O3. The summed E-state index contributed by atoms with van der Waals surface area (Å²) in [7, 11) is 0. The molecule has 0 radical (unpaired) electrons. The van der Waals surface area contributed by atoms with Gasteiger partial charge in [-0.25, -0.2) is 0 Å². The minimum atomic E-state index is -0.461. The highest BCUT2D eigenvalue weighted by atomic mass is 35.5. The average Bonchev–Trinajstić information content (AvgIpc) is 3.20. The third-order valence-corrected chi connectivity index (χ3v) is 5.44. The van der Waals surface area contributed by atoms with E-state index >= 15 is 0 Å². The van der Waals surface area contributed by atoms with E-state index in [4.69, 9.17) is 11.6 Å². The second kappa shape index (κ2) is 7.79. The van der Waals surface area contributed by atoms with Crippen LogP contribution in [-0.4, -0.2) is 19.5 Å². The molecule has 0 saturated carbocycles. The Hall–Kier alpha value is -4.23. The van der Waals surface area contributed by atoms with E-state index < -0.39 is 4.92 Å². The van der Waals surface area contributed by atoms with E-state index in [0.29, 0.717) is 27.6 Å². The fourth-order valence-electron chi connectivity index (χ4n) is 3.65. The van der Waals surface area contributed by atoms with Crippen LogP contribution in [0.3, 0.4) is 0 Å². The number of nitro groups is 1. The summed E-state index contributed by atoms with van der Waals surface area (Å²) in [6.07, 6.45) is 0. The van der Waals surface area contributed by atoms with Crippen molar-refractivity contribution in [3.05, 3.63) is 110 Å². The van der Waals surface area contributed by atoms with Crippen LogP contribution in [0.4, 0.5) is 5.69 Å². The van der Waals surface area contributed by atoms with Crippen molar-refractivity contribution in [2.24, 2.45) is 0 Å². The predicted octanol–water partition coefficient (Wildman–Crippen LogP) is 5.59. The van der Waals surface area contributed by atoms with E-state index in [1.807, 2.05) is 42.5 Å². The molecule has 7 nitrogen and oxygen atoms in total. The molecule has 0 unspecified atom stereocenters. The summed E-state index contributed by atoms with van der Waals surface area (Å²) in [6, 6.07) is 24.4. The number of aromatic nitrogens is 3. The standard InChI is InChI=1S/C24H15ClN4O3/c25-18-10-6-16(7-11-18)22-23(17-4-2-1-3-5-17)27-28-21(30)14-20(26-24(22)28)15-8-12-19(13-9-15)29(31)32/h1-14,26H. The molecule has 2 heterocycles. The Morgan fingerprint density at radius 1 is 0.875 bits per heavy atom. The number of nitrogens with one attached hydrogen (secondary N) is 1. The number of non-ortho nitro benzene ring substituents is 1. The molecule has 3 aromatic carbocycles. The molecule has 8 heteroatoms. The topological polar surface area (TPSA) is 93.3 Å². The number of nitrogens with zero attached hydrogens (tertiary/aromatic N) is 3. The van der Waals surface area contributed by atoms with Crippen LogP contribution in [-0.2, 0) is 0 Å². The van der Waals surface area contributed by atoms with Crippen LogP contribution in [0, 0.1) is 10.1 Å². The third kappa shape index (κ3) is 3.44. The van der Waals surface area contributed by atoms with E-state index in [2.05, 4.69) is 10.1 Å². The van der Waals surface area contributed by atoms with Crippen molar-refractivity contribution in [3.8, 4) is 33.6 Å². The maximum absolute atomic E-state index is 13.0. The van der Waals surface area contributed by atoms with Gasteiger partial charge in [-0.3, -0.25) is 14.9 Å². The second-order valence-corrected chi connectivity index (χ2v) is 7.62. The zero-order chi connectivity index (χ0) is 22.2. The SMILES string of the molecule is O=c1cc(-c2ccc([N+](=O)[O-])cc2)[nH]c2c(-c3ccc(Cl)cc3)c(-c3ccccc3)nn12. The zero-order valence-corrected chi connectivity index (χ0v) is 17.3. The van der Waals surface area contributed by atoms with Gasteiger partial charge in [0.25, 0.3) is 11.2 Å². The summed E-state index contributed by atoms with van der Waals surface area (Å²) in [6.45, 7) is 0. The summed E-state index contributed by atoms with van der Waals surface area (Å²) in [4.78, 5) is 26.8. The molecule has 1 N–H and O–H groups in total. The van der Waals surface area contributed by atoms with Crippen LogP contribution in [0.25, 0.3) is 39.3 Å². The van der Waals surface area contributed by atoms with Gasteiger partial charge in [-0.2, -0.15) is 9.61 Å². The normalized spacial score (nSPS) is 11.0. The fourth-order valence-corrected chi connectivity index (χ4v) is 3.77.